The second-order valence-corrected chi connectivity index (χ2v) is 5.23. The van der Waals surface area contributed by atoms with E-state index in [0.717, 1.165) is 24.8 Å². The molecule has 0 spiro atoms. The van der Waals surface area contributed by atoms with E-state index in [1.807, 2.05) is 0 Å². The number of nitro benzene ring substituents is 1. The van der Waals surface area contributed by atoms with Gasteiger partial charge in [-0.25, -0.2) is 0 Å². The summed E-state index contributed by atoms with van der Waals surface area (Å²) in [4.78, 5) is 22.0. The summed E-state index contributed by atoms with van der Waals surface area (Å²) in [5, 5.41) is 13.4. The van der Waals surface area contributed by atoms with Gasteiger partial charge in [0.1, 0.15) is 0 Å². The van der Waals surface area contributed by atoms with Crippen LogP contribution in [-0.2, 0) is 11.2 Å². The zero-order valence-electron chi connectivity index (χ0n) is 11.7. The van der Waals surface area contributed by atoms with E-state index < -0.39 is 4.92 Å². The highest BCUT2D eigenvalue weighted by Crippen LogP contribution is 2.23. The number of non-ortho nitro benzene ring substituents is 1. The fourth-order valence-electron chi connectivity index (χ4n) is 2.51. The molecule has 1 aromatic rings. The first-order valence-electron chi connectivity index (χ1n) is 6.83. The number of nitro groups is 1. The van der Waals surface area contributed by atoms with Crippen molar-refractivity contribution >= 4 is 24.0 Å². The second-order valence-electron chi connectivity index (χ2n) is 5.23. The molecular weight excluding hydrogens is 294 g/mol. The molecule has 2 rings (SSSR count). The van der Waals surface area contributed by atoms with E-state index in [-0.39, 0.29) is 36.0 Å². The van der Waals surface area contributed by atoms with E-state index in [4.69, 9.17) is 5.73 Å². The Morgan fingerprint density at radius 2 is 2.00 bits per heavy atom. The lowest BCUT2D eigenvalue weighted by atomic mass is 10.1. The molecule has 0 heterocycles. The minimum atomic E-state index is -0.422. The van der Waals surface area contributed by atoms with Gasteiger partial charge >= 0.3 is 0 Å². The van der Waals surface area contributed by atoms with Crippen molar-refractivity contribution in [1.29, 1.82) is 0 Å². The van der Waals surface area contributed by atoms with Crippen molar-refractivity contribution in [3.63, 3.8) is 0 Å². The number of carbonyl (C=O) groups excluding carboxylic acids is 1. The van der Waals surface area contributed by atoms with Gasteiger partial charge in [-0.2, -0.15) is 0 Å². The average molecular weight is 314 g/mol. The predicted molar refractivity (Wildman–Crippen MR) is 82.4 cm³/mol. The highest BCUT2D eigenvalue weighted by atomic mass is 35.5. The lowest BCUT2D eigenvalue weighted by Crippen LogP contribution is -2.31. The van der Waals surface area contributed by atoms with Gasteiger partial charge in [0.25, 0.3) is 5.69 Å². The molecule has 2 unspecified atom stereocenters. The molecule has 1 aliphatic carbocycles. The first-order chi connectivity index (χ1) is 9.56. The lowest BCUT2D eigenvalue weighted by molar-refractivity contribution is -0.384. The van der Waals surface area contributed by atoms with Gasteiger partial charge in [-0.3, -0.25) is 14.9 Å². The second kappa shape index (κ2) is 7.95. The number of nitrogens with two attached hydrogens (primary N) is 1. The third-order valence-corrected chi connectivity index (χ3v) is 3.70. The van der Waals surface area contributed by atoms with E-state index in [1.165, 1.54) is 12.1 Å². The van der Waals surface area contributed by atoms with Crippen molar-refractivity contribution < 1.29 is 9.72 Å². The van der Waals surface area contributed by atoms with Crippen LogP contribution in [0, 0.1) is 16.0 Å². The number of carbonyl (C=O) groups is 1. The van der Waals surface area contributed by atoms with Crippen molar-refractivity contribution in [3.8, 4) is 0 Å². The third-order valence-electron chi connectivity index (χ3n) is 3.70. The van der Waals surface area contributed by atoms with Crippen molar-refractivity contribution in [2.75, 3.05) is 6.54 Å². The normalized spacial score (nSPS) is 20.6. The summed E-state index contributed by atoms with van der Waals surface area (Å²) in [6.07, 6.45) is 3.22. The van der Waals surface area contributed by atoms with Gasteiger partial charge in [0.2, 0.25) is 5.91 Å². The van der Waals surface area contributed by atoms with Crippen molar-refractivity contribution in [3.05, 3.63) is 39.9 Å². The zero-order valence-corrected chi connectivity index (χ0v) is 12.5. The molecule has 1 fully saturated rings. The average Bonchev–Trinajstić information content (AvgIpc) is 2.86. The predicted octanol–water partition coefficient (Wildman–Crippen LogP) is 1.80. The zero-order chi connectivity index (χ0) is 14.5. The standard InChI is InChI=1S/C14H19N3O3.ClH/c15-12-4-3-11(9-12)14(18)16-8-7-10-1-5-13(6-2-10)17(19)20;/h1-2,5-6,11-12H,3-4,7-9,15H2,(H,16,18);1H. The summed E-state index contributed by atoms with van der Waals surface area (Å²) in [6, 6.07) is 6.55. The number of nitrogens with zero attached hydrogens (tertiary/aromatic N) is 1. The molecular formula is C14H20ClN3O3. The highest BCUT2D eigenvalue weighted by Gasteiger charge is 2.27. The van der Waals surface area contributed by atoms with Crippen LogP contribution in [0.3, 0.4) is 0 Å². The molecule has 1 saturated carbocycles. The van der Waals surface area contributed by atoms with E-state index in [2.05, 4.69) is 5.32 Å². The summed E-state index contributed by atoms with van der Waals surface area (Å²) in [6.45, 7) is 0.544. The van der Waals surface area contributed by atoms with Gasteiger partial charge in [0.05, 0.1) is 4.92 Å². The smallest absolute Gasteiger partial charge is 0.269 e. The topological polar surface area (TPSA) is 98.3 Å². The molecule has 0 saturated heterocycles. The number of halogens is 1. The van der Waals surface area contributed by atoms with Crippen molar-refractivity contribution in [2.45, 2.75) is 31.7 Å². The SMILES string of the molecule is Cl.NC1CCC(C(=O)NCCc2ccc([N+](=O)[O-])cc2)C1. The molecule has 116 valence electrons. The van der Waals surface area contributed by atoms with Gasteiger partial charge in [-0.05, 0) is 31.2 Å². The molecule has 3 N–H and O–H groups in total. The number of benzene rings is 1. The molecule has 2 atom stereocenters. The fourth-order valence-corrected chi connectivity index (χ4v) is 2.51. The number of hydrogen-bond acceptors (Lipinski definition) is 4. The van der Waals surface area contributed by atoms with Gasteiger partial charge in [0.15, 0.2) is 0 Å². The Morgan fingerprint density at radius 1 is 1.33 bits per heavy atom. The minimum absolute atomic E-state index is 0. The largest absolute Gasteiger partial charge is 0.356 e. The summed E-state index contributed by atoms with van der Waals surface area (Å²) < 4.78 is 0. The van der Waals surface area contributed by atoms with Crippen LogP contribution < -0.4 is 11.1 Å². The molecule has 1 aliphatic rings. The highest BCUT2D eigenvalue weighted by molar-refractivity contribution is 5.85. The van der Waals surface area contributed by atoms with Crippen LogP contribution in [0.2, 0.25) is 0 Å². The van der Waals surface area contributed by atoms with Crippen LogP contribution in [0.1, 0.15) is 24.8 Å². The Hall–Kier alpha value is -1.66. The fraction of sp³-hybridized carbons (Fsp3) is 0.500. The molecule has 0 bridgehead atoms. The van der Waals surface area contributed by atoms with Crippen molar-refractivity contribution in [1.82, 2.24) is 5.32 Å². The Kier molecular flexibility index (Phi) is 6.58. The quantitative estimate of drug-likeness (QED) is 0.639. The molecule has 0 aliphatic heterocycles. The molecule has 1 amide bonds. The summed E-state index contributed by atoms with van der Waals surface area (Å²) in [5.41, 5.74) is 6.84. The minimum Gasteiger partial charge on any atom is -0.356 e. The van der Waals surface area contributed by atoms with Crippen LogP contribution in [0.25, 0.3) is 0 Å². The Bertz CT molecular complexity index is 493. The summed E-state index contributed by atoms with van der Waals surface area (Å²) >= 11 is 0. The van der Waals surface area contributed by atoms with Gasteiger partial charge < -0.3 is 11.1 Å². The van der Waals surface area contributed by atoms with E-state index in [1.54, 1.807) is 12.1 Å². The van der Waals surface area contributed by atoms with Crippen LogP contribution >= 0.6 is 12.4 Å². The molecule has 6 nitrogen and oxygen atoms in total. The number of amides is 1. The first-order valence-corrected chi connectivity index (χ1v) is 6.83. The van der Waals surface area contributed by atoms with Gasteiger partial charge in [-0.1, -0.05) is 12.1 Å². The maximum absolute atomic E-state index is 11.9. The summed E-state index contributed by atoms with van der Waals surface area (Å²) in [7, 11) is 0. The van der Waals surface area contributed by atoms with Crippen LogP contribution in [-0.4, -0.2) is 23.4 Å². The van der Waals surface area contributed by atoms with Crippen molar-refractivity contribution in [2.24, 2.45) is 11.7 Å². The maximum Gasteiger partial charge on any atom is 0.269 e. The molecule has 0 aromatic heterocycles. The van der Waals surface area contributed by atoms with Crippen LogP contribution in [0.4, 0.5) is 5.69 Å². The number of nitrogens with one attached hydrogen (secondary N) is 1. The molecule has 1 aromatic carbocycles. The number of rotatable bonds is 5. The Labute approximate surface area is 129 Å². The van der Waals surface area contributed by atoms with Gasteiger partial charge in [-0.15, -0.1) is 12.4 Å². The van der Waals surface area contributed by atoms with Gasteiger partial charge in [0, 0.05) is 30.6 Å². The van der Waals surface area contributed by atoms with E-state index in [0.29, 0.717) is 13.0 Å². The molecule has 0 radical (unpaired) electrons. The van der Waals surface area contributed by atoms with Crippen LogP contribution in [0.5, 0.6) is 0 Å². The van der Waals surface area contributed by atoms with E-state index >= 15 is 0 Å². The maximum atomic E-state index is 11.9. The summed E-state index contributed by atoms with van der Waals surface area (Å²) in [5.74, 6) is 0.113. The first kappa shape index (κ1) is 17.4. The Balaban J connectivity index is 0.00000220. The Morgan fingerprint density at radius 3 is 2.52 bits per heavy atom. The monoisotopic (exact) mass is 313 g/mol. The van der Waals surface area contributed by atoms with Crippen LogP contribution in [0.15, 0.2) is 24.3 Å². The lowest BCUT2D eigenvalue weighted by Gasteiger charge is -2.10. The van der Waals surface area contributed by atoms with E-state index in [9.17, 15) is 14.9 Å². The number of hydrogen-bond donors (Lipinski definition) is 2. The molecule has 7 heteroatoms. The molecule has 21 heavy (non-hydrogen) atoms. The third kappa shape index (κ3) is 4.99.